The van der Waals surface area contributed by atoms with Crippen LogP contribution in [0.25, 0.3) is 0 Å². The molecule has 2 fully saturated rings. The Labute approximate surface area is 166 Å². The molecule has 0 bridgehead atoms. The van der Waals surface area contributed by atoms with Crippen LogP contribution >= 0.6 is 11.6 Å². The van der Waals surface area contributed by atoms with Gasteiger partial charge in [-0.25, -0.2) is 4.39 Å². The van der Waals surface area contributed by atoms with Crippen LogP contribution in [0, 0.1) is 17.7 Å². The minimum atomic E-state index is -0.310. The van der Waals surface area contributed by atoms with Crippen molar-refractivity contribution in [3.05, 3.63) is 34.6 Å². The minimum Gasteiger partial charge on any atom is -0.352 e. The maximum Gasteiger partial charge on any atom is 0.220 e. The van der Waals surface area contributed by atoms with E-state index in [-0.39, 0.29) is 17.8 Å². The largest absolute Gasteiger partial charge is 0.352 e. The number of halogens is 2. The second-order valence-electron chi connectivity index (χ2n) is 8.15. The third-order valence-corrected chi connectivity index (χ3v) is 6.33. The third-order valence-electron chi connectivity index (χ3n) is 5.98. The molecule has 27 heavy (non-hydrogen) atoms. The highest BCUT2D eigenvalue weighted by atomic mass is 35.5. The van der Waals surface area contributed by atoms with Crippen LogP contribution in [0.4, 0.5) is 4.39 Å². The number of carbonyl (C=O) groups is 1. The molecule has 150 valence electrons. The highest BCUT2D eigenvalue weighted by Gasteiger charge is 2.25. The Balaban J connectivity index is 1.46. The number of benzene rings is 1. The second kappa shape index (κ2) is 9.85. The standard InChI is InChI=1S/C21H31ClFN3O/c1-15(16-6-8-24-9-7-16)11-21(27)25-19-3-2-10-26(14-19)13-17-4-5-18(23)12-20(17)22/h4-5,12,15-16,19,24H,2-3,6-11,13-14H2,1H3,(H,25,27). The normalized spacial score (nSPS) is 23.1. The zero-order chi connectivity index (χ0) is 19.2. The number of likely N-dealkylation sites (tertiary alicyclic amines) is 1. The van der Waals surface area contributed by atoms with Crippen LogP contribution in [0.15, 0.2) is 18.2 Å². The molecule has 1 amide bonds. The molecule has 1 aromatic carbocycles. The number of nitrogens with one attached hydrogen (secondary N) is 2. The van der Waals surface area contributed by atoms with Crippen LogP contribution in [-0.2, 0) is 11.3 Å². The van der Waals surface area contributed by atoms with E-state index in [4.69, 9.17) is 11.6 Å². The molecule has 4 nitrogen and oxygen atoms in total. The molecule has 2 aliphatic heterocycles. The first-order valence-electron chi connectivity index (χ1n) is 10.2. The SMILES string of the molecule is CC(CC(=O)NC1CCCN(Cc2ccc(F)cc2Cl)C1)C1CCNCC1. The van der Waals surface area contributed by atoms with Gasteiger partial charge in [0.15, 0.2) is 0 Å². The number of nitrogens with zero attached hydrogens (tertiary/aromatic N) is 1. The lowest BCUT2D eigenvalue weighted by atomic mass is 9.84. The molecule has 2 N–H and O–H groups in total. The first-order valence-corrected chi connectivity index (χ1v) is 10.6. The molecular weight excluding hydrogens is 365 g/mol. The average Bonchev–Trinajstić information content (AvgIpc) is 2.65. The van der Waals surface area contributed by atoms with E-state index in [1.165, 1.54) is 25.0 Å². The zero-order valence-electron chi connectivity index (χ0n) is 16.1. The van der Waals surface area contributed by atoms with Crippen molar-refractivity contribution in [2.45, 2.75) is 51.6 Å². The number of amides is 1. The zero-order valence-corrected chi connectivity index (χ0v) is 16.9. The number of rotatable bonds is 6. The summed E-state index contributed by atoms with van der Waals surface area (Å²) in [5.74, 6) is 0.952. The first kappa shape index (κ1) is 20.6. The summed E-state index contributed by atoms with van der Waals surface area (Å²) in [4.78, 5) is 14.8. The number of hydrogen-bond acceptors (Lipinski definition) is 3. The average molecular weight is 396 g/mol. The number of carbonyl (C=O) groups excluding carboxylic acids is 1. The van der Waals surface area contributed by atoms with Crippen LogP contribution < -0.4 is 10.6 Å². The molecule has 0 radical (unpaired) electrons. The van der Waals surface area contributed by atoms with Gasteiger partial charge in [0.1, 0.15) is 5.82 Å². The summed E-state index contributed by atoms with van der Waals surface area (Å²) >= 11 is 6.16. The van der Waals surface area contributed by atoms with Crippen molar-refractivity contribution in [3.63, 3.8) is 0 Å². The van der Waals surface area contributed by atoms with Crippen LogP contribution in [0.2, 0.25) is 5.02 Å². The summed E-state index contributed by atoms with van der Waals surface area (Å²) in [7, 11) is 0. The maximum atomic E-state index is 13.2. The van der Waals surface area contributed by atoms with Gasteiger partial charge in [-0.2, -0.15) is 0 Å². The monoisotopic (exact) mass is 395 g/mol. The fourth-order valence-electron chi connectivity index (χ4n) is 4.37. The number of piperidine rings is 2. The third kappa shape index (κ3) is 6.16. The number of hydrogen-bond donors (Lipinski definition) is 2. The van der Waals surface area contributed by atoms with E-state index in [0.717, 1.165) is 44.6 Å². The van der Waals surface area contributed by atoms with E-state index in [2.05, 4.69) is 22.5 Å². The van der Waals surface area contributed by atoms with Crippen LogP contribution in [-0.4, -0.2) is 43.0 Å². The molecule has 1 aromatic rings. The van der Waals surface area contributed by atoms with E-state index in [1.807, 2.05) is 0 Å². The van der Waals surface area contributed by atoms with Gasteiger partial charge in [0, 0.05) is 30.6 Å². The summed E-state index contributed by atoms with van der Waals surface area (Å²) in [6, 6.07) is 4.75. The van der Waals surface area contributed by atoms with E-state index >= 15 is 0 Å². The van der Waals surface area contributed by atoms with Gasteiger partial charge >= 0.3 is 0 Å². The van der Waals surface area contributed by atoms with Gasteiger partial charge in [0.25, 0.3) is 0 Å². The van der Waals surface area contributed by atoms with Crippen LogP contribution in [0.1, 0.15) is 44.6 Å². The van der Waals surface area contributed by atoms with Gasteiger partial charge in [-0.15, -0.1) is 0 Å². The Morgan fingerprint density at radius 1 is 1.37 bits per heavy atom. The van der Waals surface area contributed by atoms with Gasteiger partial charge in [0.05, 0.1) is 0 Å². The van der Waals surface area contributed by atoms with Crippen LogP contribution in [0.3, 0.4) is 0 Å². The quantitative estimate of drug-likeness (QED) is 0.773. The molecule has 6 heteroatoms. The van der Waals surface area contributed by atoms with Crippen molar-refractivity contribution >= 4 is 17.5 Å². The van der Waals surface area contributed by atoms with Crippen molar-refractivity contribution in [2.24, 2.45) is 11.8 Å². The van der Waals surface area contributed by atoms with Gasteiger partial charge in [-0.05, 0) is 74.8 Å². The molecule has 2 atom stereocenters. The molecule has 2 aliphatic rings. The fourth-order valence-corrected chi connectivity index (χ4v) is 4.59. The topological polar surface area (TPSA) is 44.4 Å². The molecule has 2 unspecified atom stereocenters. The summed E-state index contributed by atoms with van der Waals surface area (Å²) in [6.45, 7) is 6.84. The van der Waals surface area contributed by atoms with Crippen molar-refractivity contribution < 1.29 is 9.18 Å². The van der Waals surface area contributed by atoms with E-state index in [1.54, 1.807) is 6.07 Å². The highest BCUT2D eigenvalue weighted by molar-refractivity contribution is 6.31. The van der Waals surface area contributed by atoms with Gasteiger partial charge in [-0.1, -0.05) is 24.6 Å². The molecule has 0 spiro atoms. The highest BCUT2D eigenvalue weighted by Crippen LogP contribution is 2.25. The predicted octanol–water partition coefficient (Wildman–Crippen LogP) is 3.59. The lowest BCUT2D eigenvalue weighted by Crippen LogP contribution is -2.47. The molecule has 3 rings (SSSR count). The van der Waals surface area contributed by atoms with Crippen molar-refractivity contribution in [3.8, 4) is 0 Å². The van der Waals surface area contributed by atoms with E-state index in [0.29, 0.717) is 29.8 Å². The smallest absolute Gasteiger partial charge is 0.220 e. The summed E-state index contributed by atoms with van der Waals surface area (Å²) in [5.41, 5.74) is 0.935. The summed E-state index contributed by atoms with van der Waals surface area (Å²) in [5, 5.41) is 7.09. The van der Waals surface area contributed by atoms with Crippen molar-refractivity contribution in [1.29, 1.82) is 0 Å². The maximum absolute atomic E-state index is 13.2. The Hall–Kier alpha value is -1.17. The van der Waals surface area contributed by atoms with Crippen molar-refractivity contribution in [2.75, 3.05) is 26.2 Å². The lowest BCUT2D eigenvalue weighted by Gasteiger charge is -2.34. The van der Waals surface area contributed by atoms with E-state index in [9.17, 15) is 9.18 Å². The van der Waals surface area contributed by atoms with E-state index < -0.39 is 0 Å². The Kier molecular flexibility index (Phi) is 7.50. The van der Waals surface area contributed by atoms with Gasteiger partial charge in [0.2, 0.25) is 5.91 Å². The van der Waals surface area contributed by atoms with Gasteiger partial charge < -0.3 is 10.6 Å². The Bertz CT molecular complexity index is 636. The van der Waals surface area contributed by atoms with Gasteiger partial charge in [-0.3, -0.25) is 9.69 Å². The molecule has 0 saturated carbocycles. The minimum absolute atomic E-state index is 0.174. The van der Waals surface area contributed by atoms with Crippen LogP contribution in [0.5, 0.6) is 0 Å². The molecule has 2 heterocycles. The lowest BCUT2D eigenvalue weighted by molar-refractivity contribution is -0.123. The summed E-state index contributed by atoms with van der Waals surface area (Å²) in [6.07, 6.45) is 5.02. The molecule has 2 saturated heterocycles. The predicted molar refractivity (Wildman–Crippen MR) is 107 cm³/mol. The molecular formula is C21H31ClFN3O. The Morgan fingerprint density at radius 3 is 2.89 bits per heavy atom. The first-order chi connectivity index (χ1) is 13.0. The second-order valence-corrected chi connectivity index (χ2v) is 8.55. The van der Waals surface area contributed by atoms with Crippen molar-refractivity contribution in [1.82, 2.24) is 15.5 Å². The fraction of sp³-hybridized carbons (Fsp3) is 0.667. The Morgan fingerprint density at radius 2 is 2.15 bits per heavy atom. The molecule has 0 aromatic heterocycles. The summed E-state index contributed by atoms with van der Waals surface area (Å²) < 4.78 is 13.2. The molecule has 0 aliphatic carbocycles.